The van der Waals surface area contributed by atoms with Gasteiger partial charge in [-0.15, -0.1) is 0 Å². The highest BCUT2D eigenvalue weighted by Gasteiger charge is 2.27. The lowest BCUT2D eigenvalue weighted by Crippen LogP contribution is -2.07. The third-order valence-corrected chi connectivity index (χ3v) is 10.5. The summed E-state index contributed by atoms with van der Waals surface area (Å²) < 4.78 is 0. The summed E-state index contributed by atoms with van der Waals surface area (Å²) in [6.07, 6.45) is 2.34. The number of benzene rings is 6. The highest BCUT2D eigenvalue weighted by atomic mass is 16.3. The lowest BCUT2D eigenvalue weighted by molar-refractivity contribution is 0.454. The van der Waals surface area contributed by atoms with Crippen LogP contribution in [0.5, 0.6) is 23.0 Å². The van der Waals surface area contributed by atoms with Crippen molar-refractivity contribution in [1.82, 2.24) is 0 Å². The Bertz CT molecular complexity index is 2180. The van der Waals surface area contributed by atoms with Crippen LogP contribution in [-0.4, -0.2) is 20.4 Å². The minimum atomic E-state index is -0.493. The Morgan fingerprint density at radius 2 is 0.843 bits per heavy atom. The number of rotatable bonds is 10. The molecule has 0 aliphatic carbocycles. The second-order valence-corrected chi connectivity index (χ2v) is 14.0. The first-order valence-electron chi connectivity index (χ1n) is 17.9. The minimum Gasteiger partial charge on any atom is -0.507 e. The molecule has 0 saturated heterocycles. The molecule has 2 atom stereocenters. The molecule has 0 saturated carbocycles. The molecule has 0 amide bonds. The van der Waals surface area contributed by atoms with Crippen LogP contribution in [-0.2, 0) is 12.8 Å². The largest absolute Gasteiger partial charge is 0.507 e. The maximum atomic E-state index is 11.8. The van der Waals surface area contributed by atoms with E-state index in [0.29, 0.717) is 35.5 Å². The van der Waals surface area contributed by atoms with Crippen molar-refractivity contribution in [1.29, 1.82) is 0 Å². The van der Waals surface area contributed by atoms with Gasteiger partial charge in [-0.25, -0.2) is 0 Å². The molecule has 2 unspecified atom stereocenters. The summed E-state index contributed by atoms with van der Waals surface area (Å²) in [4.78, 5) is 0. The van der Waals surface area contributed by atoms with Gasteiger partial charge in [0.05, 0.1) is 0 Å². The molecule has 0 fully saturated rings. The normalized spacial score (nSPS) is 12.5. The number of aryl methyl sites for hydroxylation is 5. The van der Waals surface area contributed by atoms with Gasteiger partial charge in [0.1, 0.15) is 23.0 Å². The van der Waals surface area contributed by atoms with Crippen LogP contribution in [0.1, 0.15) is 87.7 Å². The monoisotopic (exact) mass is 676 g/mol. The van der Waals surface area contributed by atoms with E-state index in [1.54, 1.807) is 0 Å². The predicted molar refractivity (Wildman–Crippen MR) is 209 cm³/mol. The van der Waals surface area contributed by atoms with Crippen molar-refractivity contribution in [3.05, 3.63) is 165 Å². The Balaban J connectivity index is 1.52. The molecular formula is C47H48O4. The average molecular weight is 677 g/mol. The van der Waals surface area contributed by atoms with Crippen molar-refractivity contribution < 1.29 is 20.4 Å². The van der Waals surface area contributed by atoms with E-state index in [1.165, 1.54) is 5.56 Å². The first-order chi connectivity index (χ1) is 24.5. The van der Waals surface area contributed by atoms with Crippen molar-refractivity contribution in [3.8, 4) is 45.3 Å². The van der Waals surface area contributed by atoms with Gasteiger partial charge in [-0.1, -0.05) is 74.5 Å². The molecule has 4 N–H and O–H groups in total. The van der Waals surface area contributed by atoms with E-state index in [-0.39, 0.29) is 17.4 Å². The number of hydrogen-bond donors (Lipinski definition) is 4. The summed E-state index contributed by atoms with van der Waals surface area (Å²) in [6, 6.07) is 36.6. The van der Waals surface area contributed by atoms with Gasteiger partial charge in [-0.2, -0.15) is 0 Å². The van der Waals surface area contributed by atoms with E-state index in [0.717, 1.165) is 67.6 Å². The van der Waals surface area contributed by atoms with Crippen molar-refractivity contribution in [2.75, 3.05) is 0 Å². The van der Waals surface area contributed by atoms with Gasteiger partial charge in [0.15, 0.2) is 0 Å². The van der Waals surface area contributed by atoms with Gasteiger partial charge < -0.3 is 20.4 Å². The molecule has 6 aromatic rings. The molecule has 0 heterocycles. The smallest absolute Gasteiger partial charge is 0.122 e. The summed E-state index contributed by atoms with van der Waals surface area (Å²) in [5.41, 5.74) is 12.1. The quantitative estimate of drug-likeness (QED) is 0.109. The SMILES string of the molecule is CCc1cc(-c2cc(C)c(O)c(C(c3ccccc3)c3cc(-c4cc(C)c(O)c(CC(CC)c5ccccc5)c4)cc(C)c3O)c2)cc(C)c1O. The minimum absolute atomic E-state index is 0.176. The lowest BCUT2D eigenvalue weighted by atomic mass is 9.80. The molecule has 0 spiro atoms. The van der Waals surface area contributed by atoms with Crippen LogP contribution >= 0.6 is 0 Å². The molecular weight excluding hydrogens is 629 g/mol. The summed E-state index contributed by atoms with van der Waals surface area (Å²) >= 11 is 0. The molecule has 0 aromatic heterocycles. The molecule has 4 heteroatoms. The molecule has 0 radical (unpaired) electrons. The van der Waals surface area contributed by atoms with Crippen molar-refractivity contribution in [2.24, 2.45) is 0 Å². The first kappa shape index (κ1) is 35.3. The third-order valence-electron chi connectivity index (χ3n) is 10.5. The van der Waals surface area contributed by atoms with Gasteiger partial charge >= 0.3 is 0 Å². The van der Waals surface area contributed by atoms with Crippen LogP contribution in [0.15, 0.2) is 109 Å². The van der Waals surface area contributed by atoms with Gasteiger partial charge in [-0.3, -0.25) is 0 Å². The van der Waals surface area contributed by atoms with Crippen molar-refractivity contribution in [2.45, 2.75) is 72.6 Å². The average Bonchev–Trinajstić information content (AvgIpc) is 3.14. The van der Waals surface area contributed by atoms with Crippen molar-refractivity contribution >= 4 is 0 Å². The number of phenolic OH excluding ortho intramolecular Hbond substituents is 4. The van der Waals surface area contributed by atoms with E-state index >= 15 is 0 Å². The van der Waals surface area contributed by atoms with Gasteiger partial charge in [0.25, 0.3) is 0 Å². The Labute approximate surface area is 302 Å². The topological polar surface area (TPSA) is 80.9 Å². The molecule has 0 bridgehead atoms. The van der Waals surface area contributed by atoms with E-state index in [9.17, 15) is 20.4 Å². The summed E-state index contributed by atoms with van der Waals surface area (Å²) in [5.74, 6) is 0.751. The highest BCUT2D eigenvalue weighted by Crippen LogP contribution is 2.46. The fourth-order valence-corrected chi connectivity index (χ4v) is 7.51. The molecule has 6 rings (SSSR count). The van der Waals surface area contributed by atoms with Crippen LogP contribution in [0, 0.1) is 27.7 Å². The fraction of sp³-hybridized carbons (Fsp3) is 0.234. The Hall–Kier alpha value is -5.48. The predicted octanol–water partition coefficient (Wildman–Crippen LogP) is 11.6. The fourth-order valence-electron chi connectivity index (χ4n) is 7.51. The molecule has 260 valence electrons. The van der Waals surface area contributed by atoms with Gasteiger partial charge in [-0.05, 0) is 168 Å². The van der Waals surface area contributed by atoms with Crippen LogP contribution in [0.2, 0.25) is 0 Å². The Morgan fingerprint density at radius 1 is 0.451 bits per heavy atom. The van der Waals surface area contributed by atoms with Gasteiger partial charge in [0.2, 0.25) is 0 Å². The highest BCUT2D eigenvalue weighted by molar-refractivity contribution is 5.74. The van der Waals surface area contributed by atoms with Crippen LogP contribution in [0.4, 0.5) is 0 Å². The number of aromatic hydroxyl groups is 4. The standard InChI is InChI=1S/C47H48O4/c1-7-32(34-15-11-9-12-16-34)23-40-25-37(20-29(4)45(40)49)39-22-31(6)47(51)42(27-39)43(35-17-13-10-14-18-35)41-26-38(21-30(5)46(41)50)36-19-28(3)44(48)33(8-2)24-36/h9-22,24-27,32,43,48-51H,7-8,23H2,1-6H3. The zero-order valence-electron chi connectivity index (χ0n) is 30.5. The van der Waals surface area contributed by atoms with E-state index in [4.69, 9.17) is 0 Å². The maximum Gasteiger partial charge on any atom is 0.122 e. The van der Waals surface area contributed by atoms with E-state index in [2.05, 4.69) is 37.3 Å². The summed E-state index contributed by atoms with van der Waals surface area (Å²) in [6.45, 7) is 11.9. The molecule has 0 aliphatic rings. The van der Waals surface area contributed by atoms with Crippen LogP contribution < -0.4 is 0 Å². The van der Waals surface area contributed by atoms with Crippen LogP contribution in [0.3, 0.4) is 0 Å². The number of hydrogen-bond acceptors (Lipinski definition) is 4. The second kappa shape index (κ2) is 14.8. The maximum absolute atomic E-state index is 11.8. The molecule has 51 heavy (non-hydrogen) atoms. The summed E-state index contributed by atoms with van der Waals surface area (Å²) in [5, 5.41) is 45.5. The van der Waals surface area contributed by atoms with Crippen molar-refractivity contribution in [3.63, 3.8) is 0 Å². The zero-order valence-corrected chi connectivity index (χ0v) is 30.5. The van der Waals surface area contributed by atoms with E-state index < -0.39 is 5.92 Å². The van der Waals surface area contributed by atoms with E-state index in [1.807, 2.05) is 113 Å². The first-order valence-corrected chi connectivity index (χ1v) is 17.9. The third kappa shape index (κ3) is 7.09. The molecule has 6 aromatic carbocycles. The number of phenols is 4. The summed E-state index contributed by atoms with van der Waals surface area (Å²) in [7, 11) is 0. The second-order valence-electron chi connectivity index (χ2n) is 14.0. The Kier molecular flexibility index (Phi) is 10.2. The molecule has 4 nitrogen and oxygen atoms in total. The lowest BCUT2D eigenvalue weighted by Gasteiger charge is -2.25. The molecule has 0 aliphatic heterocycles. The van der Waals surface area contributed by atoms with Gasteiger partial charge in [0, 0.05) is 17.0 Å². The Morgan fingerprint density at radius 3 is 1.29 bits per heavy atom. The van der Waals surface area contributed by atoms with Crippen LogP contribution in [0.25, 0.3) is 22.3 Å². The zero-order chi connectivity index (χ0) is 36.4.